The van der Waals surface area contributed by atoms with Gasteiger partial charge < -0.3 is 9.73 Å². The molecule has 0 radical (unpaired) electrons. The number of nitrogens with zero attached hydrogens (tertiary/aromatic N) is 3. The molecule has 0 bridgehead atoms. The Morgan fingerprint density at radius 2 is 2.25 bits per heavy atom. The third kappa shape index (κ3) is 4.14. The minimum atomic E-state index is 0.0204. The highest BCUT2D eigenvalue weighted by Crippen LogP contribution is 2.29. The molecule has 0 aromatic carbocycles. The van der Waals surface area contributed by atoms with E-state index in [-0.39, 0.29) is 17.7 Å². The number of rotatable bonds is 5. The van der Waals surface area contributed by atoms with Crippen molar-refractivity contribution in [3.8, 4) is 11.5 Å². The van der Waals surface area contributed by atoms with Crippen molar-refractivity contribution in [3.05, 3.63) is 24.5 Å². The van der Waals surface area contributed by atoms with E-state index in [9.17, 15) is 4.79 Å². The molecule has 1 fully saturated rings. The summed E-state index contributed by atoms with van der Waals surface area (Å²) in [5.74, 6) is 1.91. The Balaban J connectivity index is 1.51. The summed E-state index contributed by atoms with van der Waals surface area (Å²) in [7, 11) is 0. The largest absolute Gasteiger partial charge is 0.411 e. The molecular weight excluding hydrogens is 324 g/mol. The average Bonchev–Trinajstić information content (AvgIpc) is 3.07. The van der Waals surface area contributed by atoms with Gasteiger partial charge in [-0.05, 0) is 30.4 Å². The zero-order chi connectivity index (χ0) is 16.9. The number of carbonyl (C=O) groups is 1. The fraction of sp³-hybridized carbons (Fsp3) is 0.529. The fourth-order valence-corrected chi connectivity index (χ4v) is 3.61. The topological polar surface area (TPSA) is 80.9 Å². The van der Waals surface area contributed by atoms with E-state index in [1.165, 1.54) is 24.6 Å². The lowest BCUT2D eigenvalue weighted by Gasteiger charge is -2.34. The SMILES string of the molecule is C[C@@H]1[C@@H](C)CCC[C@H]1NC(=O)CSc1nnc(-c2cccnc2)o1. The number of aromatic nitrogens is 3. The molecule has 0 saturated heterocycles. The van der Waals surface area contributed by atoms with Gasteiger partial charge in [0.05, 0.1) is 11.3 Å². The molecular formula is C17H22N4O2S. The number of nitrogens with one attached hydrogen (secondary N) is 1. The molecule has 24 heavy (non-hydrogen) atoms. The zero-order valence-corrected chi connectivity index (χ0v) is 14.8. The molecule has 2 heterocycles. The molecule has 3 rings (SSSR count). The molecule has 1 amide bonds. The Kier molecular flexibility index (Phi) is 5.50. The lowest BCUT2D eigenvalue weighted by molar-refractivity contribution is -0.120. The van der Waals surface area contributed by atoms with E-state index in [0.717, 1.165) is 12.0 Å². The Bertz CT molecular complexity index is 676. The highest BCUT2D eigenvalue weighted by Gasteiger charge is 2.28. The van der Waals surface area contributed by atoms with Crippen molar-refractivity contribution < 1.29 is 9.21 Å². The summed E-state index contributed by atoms with van der Waals surface area (Å²) in [6.45, 7) is 4.48. The van der Waals surface area contributed by atoms with E-state index in [1.54, 1.807) is 12.4 Å². The molecule has 1 N–H and O–H groups in total. The van der Waals surface area contributed by atoms with Crippen LogP contribution in [-0.4, -0.2) is 32.9 Å². The first-order valence-electron chi connectivity index (χ1n) is 8.29. The number of pyridine rings is 1. The van der Waals surface area contributed by atoms with Crippen LogP contribution in [0.5, 0.6) is 0 Å². The molecule has 1 aliphatic rings. The molecule has 128 valence electrons. The molecule has 0 aliphatic heterocycles. The molecule has 6 nitrogen and oxygen atoms in total. The minimum Gasteiger partial charge on any atom is -0.411 e. The van der Waals surface area contributed by atoms with Gasteiger partial charge in [0.2, 0.25) is 11.8 Å². The normalized spacial score (nSPS) is 23.8. The minimum absolute atomic E-state index is 0.0204. The van der Waals surface area contributed by atoms with E-state index in [1.807, 2.05) is 12.1 Å². The standard InChI is InChI=1S/C17H22N4O2S/c1-11-5-3-7-14(12(11)2)19-15(22)10-24-17-21-20-16(23-17)13-6-4-8-18-9-13/h4,6,8-9,11-12,14H,3,5,7,10H2,1-2H3,(H,19,22)/t11-,12+,14+/m0/s1. The highest BCUT2D eigenvalue weighted by atomic mass is 32.2. The predicted octanol–water partition coefficient (Wildman–Crippen LogP) is 3.16. The number of hydrogen-bond acceptors (Lipinski definition) is 6. The van der Waals surface area contributed by atoms with Crippen molar-refractivity contribution in [2.45, 2.75) is 44.4 Å². The maximum absolute atomic E-state index is 12.2. The van der Waals surface area contributed by atoms with E-state index >= 15 is 0 Å². The lowest BCUT2D eigenvalue weighted by Crippen LogP contribution is -2.44. The molecule has 0 spiro atoms. The Morgan fingerprint density at radius 3 is 3.04 bits per heavy atom. The summed E-state index contributed by atoms with van der Waals surface area (Å²) >= 11 is 1.26. The second kappa shape index (κ2) is 7.79. The van der Waals surface area contributed by atoms with Crippen LogP contribution in [0.2, 0.25) is 0 Å². The monoisotopic (exact) mass is 346 g/mol. The first-order valence-corrected chi connectivity index (χ1v) is 9.28. The zero-order valence-electron chi connectivity index (χ0n) is 13.9. The molecule has 2 aromatic heterocycles. The second-order valence-corrected chi connectivity index (χ2v) is 7.27. The Hall–Kier alpha value is -1.89. The first-order chi connectivity index (χ1) is 11.6. The highest BCUT2D eigenvalue weighted by molar-refractivity contribution is 7.99. The predicted molar refractivity (Wildman–Crippen MR) is 92.4 cm³/mol. The van der Waals surface area contributed by atoms with E-state index < -0.39 is 0 Å². The number of thioether (sulfide) groups is 1. The van der Waals surface area contributed by atoms with Gasteiger partial charge in [0.25, 0.3) is 5.22 Å². The van der Waals surface area contributed by atoms with Crippen LogP contribution in [0, 0.1) is 11.8 Å². The van der Waals surface area contributed by atoms with Gasteiger partial charge in [0.1, 0.15) is 0 Å². The van der Waals surface area contributed by atoms with Crippen molar-refractivity contribution >= 4 is 17.7 Å². The number of carbonyl (C=O) groups excluding carboxylic acids is 1. The molecule has 7 heteroatoms. The Labute approximate surface area is 145 Å². The van der Waals surface area contributed by atoms with Crippen LogP contribution in [-0.2, 0) is 4.79 Å². The maximum atomic E-state index is 12.2. The number of amides is 1. The third-order valence-electron chi connectivity index (χ3n) is 4.69. The smallest absolute Gasteiger partial charge is 0.277 e. The molecule has 1 aliphatic carbocycles. The maximum Gasteiger partial charge on any atom is 0.277 e. The van der Waals surface area contributed by atoms with Crippen molar-refractivity contribution in [3.63, 3.8) is 0 Å². The molecule has 2 aromatic rings. The summed E-state index contributed by atoms with van der Waals surface area (Å²) in [6.07, 6.45) is 6.85. The van der Waals surface area contributed by atoms with Gasteiger partial charge in [-0.3, -0.25) is 9.78 Å². The number of hydrogen-bond donors (Lipinski definition) is 1. The van der Waals surface area contributed by atoms with Crippen LogP contribution in [0.4, 0.5) is 0 Å². The van der Waals surface area contributed by atoms with Crippen LogP contribution in [0.15, 0.2) is 34.2 Å². The van der Waals surface area contributed by atoms with E-state index in [0.29, 0.717) is 22.9 Å². The van der Waals surface area contributed by atoms with Crippen molar-refractivity contribution in [2.24, 2.45) is 11.8 Å². The van der Waals surface area contributed by atoms with Gasteiger partial charge in [-0.25, -0.2) is 0 Å². The summed E-state index contributed by atoms with van der Waals surface area (Å²) < 4.78 is 5.57. The first kappa shape index (κ1) is 17.0. The summed E-state index contributed by atoms with van der Waals surface area (Å²) in [5.41, 5.74) is 0.770. The van der Waals surface area contributed by atoms with E-state index in [2.05, 4.69) is 34.3 Å². The van der Waals surface area contributed by atoms with Gasteiger partial charge in [0, 0.05) is 18.4 Å². The summed E-state index contributed by atoms with van der Waals surface area (Å²) in [5, 5.41) is 11.5. The van der Waals surface area contributed by atoms with Crippen molar-refractivity contribution in [2.75, 3.05) is 5.75 Å². The summed E-state index contributed by atoms with van der Waals surface area (Å²) in [4.78, 5) is 16.2. The third-order valence-corrected chi connectivity index (χ3v) is 5.51. The van der Waals surface area contributed by atoms with Crippen LogP contribution < -0.4 is 5.32 Å². The second-order valence-electron chi connectivity index (χ2n) is 6.34. The Morgan fingerprint density at radius 1 is 1.38 bits per heavy atom. The van der Waals surface area contributed by atoms with Crippen LogP contribution in [0.25, 0.3) is 11.5 Å². The van der Waals surface area contributed by atoms with Gasteiger partial charge >= 0.3 is 0 Å². The molecule has 0 unspecified atom stereocenters. The molecule has 3 atom stereocenters. The van der Waals surface area contributed by atoms with Crippen LogP contribution in [0.3, 0.4) is 0 Å². The van der Waals surface area contributed by atoms with Gasteiger partial charge in [-0.2, -0.15) is 0 Å². The quantitative estimate of drug-likeness (QED) is 0.838. The van der Waals surface area contributed by atoms with Gasteiger partial charge in [-0.1, -0.05) is 38.5 Å². The fourth-order valence-electron chi connectivity index (χ4n) is 3.04. The van der Waals surface area contributed by atoms with E-state index in [4.69, 9.17) is 4.42 Å². The van der Waals surface area contributed by atoms with Crippen molar-refractivity contribution in [1.82, 2.24) is 20.5 Å². The summed E-state index contributed by atoms with van der Waals surface area (Å²) in [6, 6.07) is 3.94. The van der Waals surface area contributed by atoms with Crippen LogP contribution >= 0.6 is 11.8 Å². The van der Waals surface area contributed by atoms with Gasteiger partial charge in [0.15, 0.2) is 0 Å². The lowest BCUT2D eigenvalue weighted by atomic mass is 9.78. The van der Waals surface area contributed by atoms with Crippen molar-refractivity contribution in [1.29, 1.82) is 0 Å². The molecule has 1 saturated carbocycles. The van der Waals surface area contributed by atoms with Gasteiger partial charge in [-0.15, -0.1) is 10.2 Å². The van der Waals surface area contributed by atoms with Crippen LogP contribution in [0.1, 0.15) is 33.1 Å². The average molecular weight is 346 g/mol.